The summed E-state index contributed by atoms with van der Waals surface area (Å²) in [5.41, 5.74) is 1.14. The van der Waals surface area contributed by atoms with Crippen molar-refractivity contribution in [2.24, 2.45) is 0 Å². The molecular weight excluding hydrogens is 490 g/mol. The largest absolute Gasteiger partial charge is 0.359 e. The average Bonchev–Trinajstić information content (AvgIpc) is 3.25. The lowest BCUT2D eigenvalue weighted by molar-refractivity contribution is -0.128. The number of rotatable bonds is 4. The number of hydrogen-bond donors (Lipinski definition) is 1. The first-order valence-corrected chi connectivity index (χ1v) is 14.4. The van der Waals surface area contributed by atoms with Gasteiger partial charge in [-0.15, -0.1) is 0 Å². The highest BCUT2D eigenvalue weighted by Gasteiger charge is 2.48. The Morgan fingerprint density at radius 2 is 1.89 bits per heavy atom. The molecule has 4 heterocycles. The first-order chi connectivity index (χ1) is 18.0. The molecule has 3 fully saturated rings. The van der Waals surface area contributed by atoms with Gasteiger partial charge < -0.3 is 14.7 Å². The first kappa shape index (κ1) is 25.2. The lowest BCUT2D eigenvalue weighted by atomic mass is 9.64. The summed E-state index contributed by atoms with van der Waals surface area (Å²) in [6.07, 6.45) is 7.21. The van der Waals surface area contributed by atoms with Crippen LogP contribution in [-0.2, 0) is 16.6 Å². The van der Waals surface area contributed by atoms with E-state index in [0.29, 0.717) is 34.9 Å². The van der Waals surface area contributed by atoms with Crippen molar-refractivity contribution in [3.8, 4) is 11.5 Å². The van der Waals surface area contributed by atoms with Gasteiger partial charge in [0.25, 0.3) is 0 Å². The standard InChI is InChI=1S/C27H38ClN7O2/c1-19-17-34(18-33-14-10-29-11-15-33)12-5-13-35(19)23-16-22(28)30-26(31-23)24-20-6-4-9-27(25(20)37-32-24)8-3-2-7-21(27)36/h16,19,29H,2-15,17-18H2,1H3/t19-,27+/m0/s1. The number of aromatic nitrogens is 3. The van der Waals surface area contributed by atoms with Gasteiger partial charge in [0.1, 0.15) is 16.8 Å². The number of piperazine rings is 1. The molecule has 6 rings (SSSR count). The van der Waals surface area contributed by atoms with Gasteiger partial charge in [-0.2, -0.15) is 0 Å². The Morgan fingerprint density at radius 1 is 1.05 bits per heavy atom. The first-order valence-electron chi connectivity index (χ1n) is 14.0. The summed E-state index contributed by atoms with van der Waals surface area (Å²) in [4.78, 5) is 30.1. The predicted molar refractivity (Wildman–Crippen MR) is 143 cm³/mol. The van der Waals surface area contributed by atoms with Crippen LogP contribution in [0.3, 0.4) is 0 Å². The fraction of sp³-hybridized carbons (Fsp3) is 0.704. The third-order valence-electron chi connectivity index (χ3n) is 8.77. The molecule has 1 saturated carbocycles. The van der Waals surface area contributed by atoms with Crippen LogP contribution in [0.5, 0.6) is 0 Å². The van der Waals surface area contributed by atoms with Gasteiger partial charge in [-0.3, -0.25) is 14.6 Å². The second kappa shape index (κ2) is 10.6. The third-order valence-corrected chi connectivity index (χ3v) is 8.96. The number of hydrogen-bond acceptors (Lipinski definition) is 9. The monoisotopic (exact) mass is 527 g/mol. The molecule has 0 bridgehead atoms. The maximum Gasteiger partial charge on any atom is 0.185 e. The highest BCUT2D eigenvalue weighted by atomic mass is 35.5. The van der Waals surface area contributed by atoms with Crippen molar-refractivity contribution < 1.29 is 9.32 Å². The number of nitrogens with one attached hydrogen (secondary N) is 1. The van der Waals surface area contributed by atoms with E-state index in [0.717, 1.165) is 115 Å². The Balaban J connectivity index is 1.25. The van der Waals surface area contributed by atoms with E-state index in [1.165, 1.54) is 0 Å². The molecule has 2 saturated heterocycles. The molecule has 37 heavy (non-hydrogen) atoms. The fourth-order valence-electron chi connectivity index (χ4n) is 6.88. The molecule has 10 heteroatoms. The molecular formula is C27H38ClN7O2. The van der Waals surface area contributed by atoms with E-state index >= 15 is 0 Å². The number of carbonyl (C=O) groups excluding carboxylic acids is 1. The van der Waals surface area contributed by atoms with Crippen LogP contribution in [-0.4, -0.2) is 89.2 Å². The topological polar surface area (TPSA) is 90.6 Å². The number of ketones is 1. The zero-order valence-corrected chi connectivity index (χ0v) is 22.6. The van der Waals surface area contributed by atoms with Crippen molar-refractivity contribution in [1.29, 1.82) is 0 Å². The lowest BCUT2D eigenvalue weighted by Gasteiger charge is -2.36. The number of fused-ring (bicyclic) bond motifs is 2. The third kappa shape index (κ3) is 4.91. The minimum atomic E-state index is -0.508. The van der Waals surface area contributed by atoms with Crippen LogP contribution >= 0.6 is 11.6 Å². The van der Waals surface area contributed by atoms with Gasteiger partial charge in [-0.05, 0) is 45.4 Å². The summed E-state index contributed by atoms with van der Waals surface area (Å²) in [6, 6.07) is 2.16. The minimum absolute atomic E-state index is 0.290. The van der Waals surface area contributed by atoms with Crippen molar-refractivity contribution >= 4 is 23.2 Å². The van der Waals surface area contributed by atoms with Gasteiger partial charge >= 0.3 is 0 Å². The summed E-state index contributed by atoms with van der Waals surface area (Å²) < 4.78 is 5.93. The van der Waals surface area contributed by atoms with Crippen LogP contribution in [0.2, 0.25) is 5.15 Å². The summed E-state index contributed by atoms with van der Waals surface area (Å²) in [7, 11) is 0. The van der Waals surface area contributed by atoms with Gasteiger partial charge in [-0.1, -0.05) is 23.2 Å². The molecule has 2 aromatic heterocycles. The van der Waals surface area contributed by atoms with Crippen molar-refractivity contribution in [2.45, 2.75) is 69.7 Å². The van der Waals surface area contributed by atoms with Crippen molar-refractivity contribution in [3.05, 3.63) is 22.5 Å². The second-order valence-corrected chi connectivity index (χ2v) is 11.6. The molecule has 4 aliphatic rings. The predicted octanol–water partition coefficient (Wildman–Crippen LogP) is 3.27. The van der Waals surface area contributed by atoms with E-state index in [1.807, 2.05) is 6.07 Å². The van der Waals surface area contributed by atoms with Crippen molar-refractivity contribution in [1.82, 2.24) is 30.2 Å². The number of halogens is 1. The molecule has 2 aliphatic heterocycles. The molecule has 1 spiro atoms. The van der Waals surface area contributed by atoms with Crippen LogP contribution in [0, 0.1) is 0 Å². The van der Waals surface area contributed by atoms with Crippen molar-refractivity contribution in [2.75, 3.05) is 57.4 Å². The highest BCUT2D eigenvalue weighted by molar-refractivity contribution is 6.29. The Bertz CT molecular complexity index is 1130. The van der Waals surface area contributed by atoms with E-state index in [9.17, 15) is 4.79 Å². The fourth-order valence-corrected chi connectivity index (χ4v) is 7.06. The lowest BCUT2D eigenvalue weighted by Crippen LogP contribution is -2.49. The molecule has 0 unspecified atom stereocenters. The molecule has 1 N–H and O–H groups in total. The zero-order valence-electron chi connectivity index (χ0n) is 21.8. The summed E-state index contributed by atoms with van der Waals surface area (Å²) >= 11 is 6.57. The van der Waals surface area contributed by atoms with E-state index in [-0.39, 0.29) is 0 Å². The van der Waals surface area contributed by atoms with Gasteiger partial charge in [0.05, 0.1) is 12.1 Å². The smallest absolute Gasteiger partial charge is 0.185 e. The Hall–Kier alpha value is -2.07. The van der Waals surface area contributed by atoms with Crippen LogP contribution in [0.4, 0.5) is 5.82 Å². The van der Waals surface area contributed by atoms with Crippen LogP contribution in [0.1, 0.15) is 63.2 Å². The molecule has 2 atom stereocenters. The quantitative estimate of drug-likeness (QED) is 0.601. The SMILES string of the molecule is C[C@H]1CN(CN2CCNCC2)CCCN1c1cc(Cl)nc(-c2noc3c2CCC[C@@]32CCCCC2=O)n1. The maximum absolute atomic E-state index is 13.1. The molecule has 9 nitrogen and oxygen atoms in total. The van der Waals surface area contributed by atoms with Gasteiger partial charge in [0.15, 0.2) is 17.3 Å². The molecule has 2 aliphatic carbocycles. The second-order valence-electron chi connectivity index (χ2n) is 11.3. The number of nitrogens with zero attached hydrogens (tertiary/aromatic N) is 6. The van der Waals surface area contributed by atoms with E-state index in [4.69, 9.17) is 21.1 Å². The van der Waals surface area contributed by atoms with Crippen LogP contribution < -0.4 is 10.2 Å². The summed E-state index contributed by atoms with van der Waals surface area (Å²) in [5.74, 6) is 2.40. The van der Waals surface area contributed by atoms with Gasteiger partial charge in [-0.25, -0.2) is 9.97 Å². The van der Waals surface area contributed by atoms with Crippen LogP contribution in [0.25, 0.3) is 11.5 Å². The molecule has 0 amide bonds. The zero-order chi connectivity index (χ0) is 25.4. The number of anilines is 1. The number of Topliss-reactive ketones (excluding diaryl/α,β-unsaturated/α-hetero) is 1. The van der Waals surface area contributed by atoms with E-state index < -0.39 is 5.41 Å². The van der Waals surface area contributed by atoms with E-state index in [1.54, 1.807) is 0 Å². The molecule has 200 valence electrons. The van der Waals surface area contributed by atoms with E-state index in [2.05, 4.69) is 37.1 Å². The Morgan fingerprint density at radius 3 is 2.73 bits per heavy atom. The van der Waals surface area contributed by atoms with Crippen LogP contribution in [0.15, 0.2) is 10.6 Å². The molecule has 0 radical (unpaired) electrons. The normalized spacial score (nSPS) is 27.9. The molecule has 0 aromatic carbocycles. The van der Waals surface area contributed by atoms with Gasteiger partial charge in [0.2, 0.25) is 0 Å². The minimum Gasteiger partial charge on any atom is -0.359 e. The maximum atomic E-state index is 13.1. The average molecular weight is 528 g/mol. The highest BCUT2D eigenvalue weighted by Crippen LogP contribution is 2.47. The Kier molecular flexibility index (Phi) is 7.22. The summed E-state index contributed by atoms with van der Waals surface area (Å²) in [6.45, 7) is 10.6. The Labute approximate surface area is 223 Å². The summed E-state index contributed by atoms with van der Waals surface area (Å²) in [5, 5.41) is 8.29. The van der Waals surface area contributed by atoms with Gasteiger partial charge in [0, 0.05) is 69.9 Å². The van der Waals surface area contributed by atoms with Crippen molar-refractivity contribution in [3.63, 3.8) is 0 Å². The number of carbonyl (C=O) groups is 1. The molecule has 2 aromatic rings.